The first-order valence-corrected chi connectivity index (χ1v) is 18.6. The molecule has 0 radical (unpaired) electrons. The molecule has 274 valence electrons. The summed E-state index contributed by atoms with van der Waals surface area (Å²) in [5.41, 5.74) is 0.941. The molecule has 0 aliphatic rings. The summed E-state index contributed by atoms with van der Waals surface area (Å²) in [6.45, 7) is 14.9. The molecule has 1 aromatic rings. The highest BCUT2D eigenvalue weighted by Gasteiger charge is 2.31. The predicted octanol–water partition coefficient (Wildman–Crippen LogP) is 3.15. The lowest BCUT2D eigenvalue weighted by atomic mass is 9.96. The Morgan fingerprint density at radius 2 is 1.27 bits per heavy atom. The van der Waals surface area contributed by atoms with Gasteiger partial charge in [-0.25, -0.2) is 0 Å². The van der Waals surface area contributed by atoms with Crippen LogP contribution in [-0.4, -0.2) is 76.9 Å². The van der Waals surface area contributed by atoms with E-state index >= 15 is 0 Å². The lowest BCUT2D eigenvalue weighted by Crippen LogP contribution is -2.56. The van der Waals surface area contributed by atoms with Crippen molar-refractivity contribution >= 4 is 41.3 Å². The van der Waals surface area contributed by atoms with Gasteiger partial charge in [0.1, 0.15) is 24.2 Å². The van der Waals surface area contributed by atoms with Gasteiger partial charge in [-0.3, -0.25) is 24.0 Å². The fourth-order valence-electron chi connectivity index (χ4n) is 4.99. The monoisotopic (exact) mass is 701 g/mol. The molecule has 1 aromatic carbocycles. The molecule has 12 heteroatoms. The molecule has 0 fully saturated rings. The average Bonchev–Trinajstić information content (AvgIpc) is 3.02. The van der Waals surface area contributed by atoms with Gasteiger partial charge in [-0.2, -0.15) is 11.8 Å². The van der Waals surface area contributed by atoms with E-state index in [4.69, 9.17) is 0 Å². The number of carbonyl (C=O) groups is 5. The molecule has 0 saturated carbocycles. The van der Waals surface area contributed by atoms with Crippen LogP contribution in [0, 0.1) is 35.5 Å². The standard InChI is InChI=1S/C37H59N5O6S/c1-23(2)15-16-29(40-36(47)30(17-18-49-9)41-37(48)32(20-25(5)6)39-27(8)43)33(44)21-26(7)34(45)42-31(19-24(3)4)35(46)38-22-28-13-11-10-12-14-28/h10-14,23-26,29-33,44H,17-22H2,1-9H3,(H,38,46)(H,39,43)(H,40,47)(H,41,48)(H,42,45)/t26-,29+,30+,31+,32+,33+/m1/s1. The first-order chi connectivity index (χ1) is 23.0. The normalized spacial score (nSPS) is 14.8. The quantitative estimate of drug-likeness (QED) is 0.114. The zero-order valence-electron chi connectivity index (χ0n) is 30.7. The molecule has 11 nitrogen and oxygen atoms in total. The highest BCUT2D eigenvalue weighted by atomic mass is 32.2. The van der Waals surface area contributed by atoms with Crippen LogP contribution >= 0.6 is 11.8 Å². The Kier molecular flexibility index (Phi) is 20.4. The summed E-state index contributed by atoms with van der Waals surface area (Å²) in [5.74, 6) is 3.97. The molecular weight excluding hydrogens is 643 g/mol. The van der Waals surface area contributed by atoms with E-state index < -0.39 is 53.9 Å². The van der Waals surface area contributed by atoms with E-state index in [-0.39, 0.29) is 36.0 Å². The number of carbonyl (C=O) groups excluding carboxylic acids is 5. The molecular formula is C37H59N5O6S. The largest absolute Gasteiger partial charge is 0.390 e. The highest BCUT2D eigenvalue weighted by Crippen LogP contribution is 2.14. The van der Waals surface area contributed by atoms with Crippen molar-refractivity contribution in [3.05, 3.63) is 35.9 Å². The third-order valence-corrected chi connectivity index (χ3v) is 8.19. The number of nitrogens with one attached hydrogen (secondary N) is 5. The van der Waals surface area contributed by atoms with Crippen molar-refractivity contribution < 1.29 is 29.1 Å². The molecule has 0 aliphatic heterocycles. The smallest absolute Gasteiger partial charge is 0.243 e. The molecule has 0 saturated heterocycles. The summed E-state index contributed by atoms with van der Waals surface area (Å²) in [7, 11) is 0. The van der Waals surface area contributed by atoms with Crippen LogP contribution in [0.3, 0.4) is 0 Å². The number of aliphatic hydroxyl groups is 1. The molecule has 6 atom stereocenters. The average molecular weight is 702 g/mol. The van der Waals surface area contributed by atoms with Gasteiger partial charge in [-0.1, -0.05) is 90.6 Å². The zero-order valence-corrected chi connectivity index (χ0v) is 31.5. The van der Waals surface area contributed by atoms with E-state index in [0.29, 0.717) is 31.6 Å². The fourth-order valence-corrected chi connectivity index (χ4v) is 5.47. The third kappa shape index (κ3) is 18.1. The van der Waals surface area contributed by atoms with Crippen LogP contribution < -0.4 is 26.6 Å². The molecule has 0 aliphatic carbocycles. The Bertz CT molecular complexity index is 1260. The minimum atomic E-state index is -1.23. The Morgan fingerprint density at radius 3 is 1.80 bits per heavy atom. The zero-order chi connectivity index (χ0) is 37.1. The summed E-state index contributed by atoms with van der Waals surface area (Å²) in [4.78, 5) is 65.0. The van der Waals surface area contributed by atoms with Gasteiger partial charge in [0.15, 0.2) is 0 Å². The van der Waals surface area contributed by atoms with Crippen LogP contribution in [0.4, 0.5) is 0 Å². The van der Waals surface area contributed by atoms with Crippen molar-refractivity contribution in [1.82, 2.24) is 26.6 Å². The summed E-state index contributed by atoms with van der Waals surface area (Å²) in [6, 6.07) is 5.97. The number of rotatable bonds is 20. The second-order valence-electron chi connectivity index (χ2n) is 13.8. The maximum absolute atomic E-state index is 13.6. The minimum Gasteiger partial charge on any atom is -0.390 e. The van der Waals surface area contributed by atoms with E-state index in [1.165, 1.54) is 18.7 Å². The Balaban J connectivity index is 3.07. The van der Waals surface area contributed by atoms with Crippen molar-refractivity contribution in [2.75, 3.05) is 12.0 Å². The summed E-state index contributed by atoms with van der Waals surface area (Å²) < 4.78 is 0. The van der Waals surface area contributed by atoms with Crippen LogP contribution in [0.2, 0.25) is 0 Å². The van der Waals surface area contributed by atoms with E-state index in [9.17, 15) is 29.1 Å². The van der Waals surface area contributed by atoms with Gasteiger partial charge in [0.05, 0.1) is 6.10 Å². The molecule has 6 N–H and O–H groups in total. The first kappa shape index (κ1) is 43.5. The maximum Gasteiger partial charge on any atom is 0.243 e. The van der Waals surface area contributed by atoms with Gasteiger partial charge >= 0.3 is 0 Å². The minimum absolute atomic E-state index is 0.0373. The van der Waals surface area contributed by atoms with Gasteiger partial charge in [-0.05, 0) is 55.1 Å². The topological polar surface area (TPSA) is 166 Å². The second kappa shape index (κ2) is 23.0. The molecule has 0 aromatic heterocycles. The van der Waals surface area contributed by atoms with E-state index in [0.717, 1.165) is 5.56 Å². The number of benzene rings is 1. The number of hydrogen-bond donors (Lipinski definition) is 6. The second-order valence-corrected chi connectivity index (χ2v) is 14.7. The van der Waals surface area contributed by atoms with Gasteiger partial charge in [0.25, 0.3) is 0 Å². The molecule has 0 spiro atoms. The molecule has 0 unspecified atom stereocenters. The van der Waals surface area contributed by atoms with Crippen molar-refractivity contribution in [1.29, 1.82) is 0 Å². The van der Waals surface area contributed by atoms with Gasteiger partial charge < -0.3 is 31.7 Å². The van der Waals surface area contributed by atoms with Gasteiger partial charge in [0.2, 0.25) is 29.5 Å². The fraction of sp³-hybridized carbons (Fsp3) is 0.649. The van der Waals surface area contributed by atoms with E-state index in [1.807, 2.05) is 78.1 Å². The summed E-state index contributed by atoms with van der Waals surface area (Å²) in [6.07, 6.45) is 1.78. The van der Waals surface area contributed by atoms with Crippen LogP contribution in [0.5, 0.6) is 0 Å². The number of aliphatic hydroxyl groups excluding tert-OH is 1. The molecule has 0 heterocycles. The molecule has 1 rings (SSSR count). The first-order valence-electron chi connectivity index (χ1n) is 17.2. The van der Waals surface area contributed by atoms with Crippen molar-refractivity contribution in [2.24, 2.45) is 23.7 Å². The summed E-state index contributed by atoms with van der Waals surface area (Å²) >= 11 is 1.52. The van der Waals surface area contributed by atoms with Crippen molar-refractivity contribution in [2.45, 2.75) is 118 Å². The van der Waals surface area contributed by atoms with Crippen molar-refractivity contribution in [3.8, 4) is 11.8 Å². The number of amides is 5. The Labute approximate surface area is 297 Å². The van der Waals surface area contributed by atoms with Crippen LogP contribution in [0.15, 0.2) is 30.3 Å². The van der Waals surface area contributed by atoms with Gasteiger partial charge in [-0.15, -0.1) is 0 Å². The highest BCUT2D eigenvalue weighted by molar-refractivity contribution is 7.98. The van der Waals surface area contributed by atoms with Crippen LogP contribution in [0.25, 0.3) is 0 Å². The van der Waals surface area contributed by atoms with Crippen LogP contribution in [0.1, 0.15) is 86.6 Å². The van der Waals surface area contributed by atoms with E-state index in [1.54, 1.807) is 6.92 Å². The lowest BCUT2D eigenvalue weighted by Gasteiger charge is -2.27. The maximum atomic E-state index is 13.6. The van der Waals surface area contributed by atoms with Gasteiger partial charge in [0, 0.05) is 25.3 Å². The predicted molar refractivity (Wildman–Crippen MR) is 196 cm³/mol. The SMILES string of the molecule is CSCC[C@H](NC(=O)[C@H](CC(C)C)NC(C)=O)C(=O)N[C@@H](C#CC(C)C)[C@@H](O)C[C@@H](C)C(=O)N[C@@H](CC(C)C)C(=O)NCc1ccccc1. The number of thioether (sulfide) groups is 1. The molecule has 49 heavy (non-hydrogen) atoms. The third-order valence-electron chi connectivity index (χ3n) is 7.55. The number of hydrogen-bond acceptors (Lipinski definition) is 7. The van der Waals surface area contributed by atoms with E-state index in [2.05, 4.69) is 38.4 Å². The summed E-state index contributed by atoms with van der Waals surface area (Å²) in [5, 5.41) is 25.3. The molecule has 0 bridgehead atoms. The lowest BCUT2D eigenvalue weighted by molar-refractivity contribution is -0.132. The van der Waals surface area contributed by atoms with Crippen LogP contribution in [-0.2, 0) is 30.5 Å². The Hall–Kier alpha value is -3.56. The van der Waals surface area contributed by atoms with Crippen molar-refractivity contribution in [3.63, 3.8) is 0 Å². The Morgan fingerprint density at radius 1 is 0.714 bits per heavy atom. The molecule has 5 amide bonds.